The van der Waals surface area contributed by atoms with Crippen LogP contribution < -0.4 is 21.3 Å². The van der Waals surface area contributed by atoms with Crippen LogP contribution in [0.4, 0.5) is 10.1 Å². The van der Waals surface area contributed by atoms with Crippen LogP contribution in [0.5, 0.6) is 0 Å². The first kappa shape index (κ1) is 24.4. The summed E-state index contributed by atoms with van der Waals surface area (Å²) in [7, 11) is 0. The van der Waals surface area contributed by atoms with Gasteiger partial charge in [-0.25, -0.2) is 4.39 Å². The lowest BCUT2D eigenvalue weighted by Gasteiger charge is -2.26. The molecule has 184 valence electrons. The molecule has 4 N–H and O–H groups in total. The fourth-order valence-corrected chi connectivity index (χ4v) is 4.59. The van der Waals surface area contributed by atoms with E-state index in [1.165, 1.54) is 12.1 Å². The van der Waals surface area contributed by atoms with E-state index < -0.39 is 29.8 Å². The third-order valence-electron chi connectivity index (χ3n) is 6.50. The van der Waals surface area contributed by atoms with E-state index in [0.29, 0.717) is 31.2 Å². The number of amides is 3. The summed E-state index contributed by atoms with van der Waals surface area (Å²) in [6, 6.07) is 10.9. The van der Waals surface area contributed by atoms with Crippen molar-refractivity contribution in [3.8, 4) is 0 Å². The van der Waals surface area contributed by atoms with E-state index in [-0.39, 0.29) is 30.6 Å². The molecule has 0 spiro atoms. The summed E-state index contributed by atoms with van der Waals surface area (Å²) in [5, 5.41) is 11.4. The number of benzene rings is 2. The Balaban J connectivity index is 1.44. The maximum absolute atomic E-state index is 13.4. The Morgan fingerprint density at radius 3 is 2.60 bits per heavy atom. The molecular weight excluding hydrogens is 451 g/mol. The molecule has 3 amide bonds. The van der Waals surface area contributed by atoms with Crippen LogP contribution in [0, 0.1) is 11.7 Å². The van der Waals surface area contributed by atoms with Gasteiger partial charge in [-0.3, -0.25) is 14.4 Å². The number of halogens is 1. The summed E-state index contributed by atoms with van der Waals surface area (Å²) in [5.41, 5.74) is 2.54. The molecule has 0 aromatic heterocycles. The van der Waals surface area contributed by atoms with Gasteiger partial charge in [0.1, 0.15) is 24.2 Å². The Hall–Kier alpha value is -3.75. The molecule has 0 bridgehead atoms. The van der Waals surface area contributed by atoms with Crippen LogP contribution in [0.2, 0.25) is 0 Å². The van der Waals surface area contributed by atoms with Crippen molar-refractivity contribution >= 4 is 29.7 Å². The fourth-order valence-electron chi connectivity index (χ4n) is 4.59. The summed E-state index contributed by atoms with van der Waals surface area (Å²) in [6.45, 7) is 0.609. The monoisotopic (exact) mass is 480 g/mol. The van der Waals surface area contributed by atoms with Gasteiger partial charge in [0.15, 0.2) is 0 Å². The second kappa shape index (κ2) is 11.1. The average Bonchev–Trinajstić information content (AvgIpc) is 3.30. The number of piperidine rings is 1. The van der Waals surface area contributed by atoms with Gasteiger partial charge in [0.2, 0.25) is 17.7 Å². The highest BCUT2D eigenvalue weighted by atomic mass is 19.1. The molecular formula is C26H29FN4O4. The van der Waals surface area contributed by atoms with Gasteiger partial charge in [0.25, 0.3) is 0 Å². The molecule has 4 rings (SSSR count). The minimum Gasteiger partial charge on any atom is -0.373 e. The van der Waals surface area contributed by atoms with Gasteiger partial charge in [-0.15, -0.1) is 0 Å². The van der Waals surface area contributed by atoms with Crippen molar-refractivity contribution in [1.29, 1.82) is 0 Å². The molecule has 0 radical (unpaired) electrons. The number of nitrogens with one attached hydrogen (secondary N) is 4. The Morgan fingerprint density at radius 2 is 1.89 bits per heavy atom. The summed E-state index contributed by atoms with van der Waals surface area (Å²) in [6.07, 6.45) is 2.88. The second-order valence-corrected chi connectivity index (χ2v) is 9.07. The Morgan fingerprint density at radius 1 is 1.11 bits per heavy atom. The van der Waals surface area contributed by atoms with E-state index in [0.717, 1.165) is 17.7 Å². The molecule has 2 aromatic carbocycles. The van der Waals surface area contributed by atoms with Crippen LogP contribution in [0.3, 0.4) is 0 Å². The van der Waals surface area contributed by atoms with Crippen molar-refractivity contribution in [2.75, 3.05) is 11.9 Å². The molecule has 1 unspecified atom stereocenters. The van der Waals surface area contributed by atoms with E-state index in [4.69, 9.17) is 0 Å². The molecule has 2 aliphatic rings. The number of carbonyl (C=O) groups excluding carboxylic acids is 4. The maximum Gasteiger partial charge on any atom is 0.243 e. The summed E-state index contributed by atoms with van der Waals surface area (Å²) in [4.78, 5) is 50.0. The second-order valence-electron chi connectivity index (χ2n) is 9.07. The highest BCUT2D eigenvalue weighted by molar-refractivity contribution is 5.93. The topological polar surface area (TPSA) is 116 Å². The molecule has 35 heavy (non-hydrogen) atoms. The largest absolute Gasteiger partial charge is 0.373 e. The van der Waals surface area contributed by atoms with Gasteiger partial charge in [0, 0.05) is 31.0 Å². The van der Waals surface area contributed by atoms with Gasteiger partial charge in [-0.1, -0.05) is 30.3 Å². The lowest BCUT2D eigenvalue weighted by atomic mass is 9.92. The number of rotatable bonds is 9. The normalized spacial score (nSPS) is 20.5. The molecule has 8 nitrogen and oxygen atoms in total. The minimum atomic E-state index is -0.985. The molecule has 0 saturated carbocycles. The van der Waals surface area contributed by atoms with Crippen molar-refractivity contribution < 1.29 is 23.6 Å². The Labute approximate surface area is 203 Å². The standard InChI is InChI=1S/C26H29FN4O4/c27-19-9-7-16(8-10-19)12-22(31-26(35)23-14-17-4-1-2-6-21(17)30-23)25(34)29-20(15-32)13-18-5-3-11-28-24(18)33/h1-2,4,6-10,15,18,20,22-23,30H,3,5,11-14H2,(H,28,33)(H,29,34)(H,31,35)/t18-,20+,22+,23?/m0/s1. The molecule has 1 saturated heterocycles. The van der Waals surface area contributed by atoms with E-state index in [1.54, 1.807) is 12.1 Å². The average molecular weight is 481 g/mol. The quantitative estimate of drug-likeness (QED) is 0.406. The lowest BCUT2D eigenvalue weighted by molar-refractivity contribution is -0.131. The molecule has 2 aromatic rings. The highest BCUT2D eigenvalue weighted by Crippen LogP contribution is 2.25. The first-order chi connectivity index (χ1) is 16.9. The van der Waals surface area contributed by atoms with E-state index in [9.17, 15) is 23.6 Å². The summed E-state index contributed by atoms with van der Waals surface area (Å²) >= 11 is 0. The van der Waals surface area contributed by atoms with Gasteiger partial charge >= 0.3 is 0 Å². The van der Waals surface area contributed by atoms with Crippen LogP contribution >= 0.6 is 0 Å². The Kier molecular flexibility index (Phi) is 7.74. The van der Waals surface area contributed by atoms with Gasteiger partial charge in [-0.05, 0) is 48.6 Å². The molecule has 0 aliphatic carbocycles. The van der Waals surface area contributed by atoms with Crippen LogP contribution in [-0.2, 0) is 32.0 Å². The van der Waals surface area contributed by atoms with E-state index in [1.807, 2.05) is 24.3 Å². The lowest BCUT2D eigenvalue weighted by Crippen LogP contribution is -2.54. The number of para-hydroxylation sites is 1. The van der Waals surface area contributed by atoms with Crippen molar-refractivity contribution in [2.24, 2.45) is 5.92 Å². The molecule has 9 heteroatoms. The van der Waals surface area contributed by atoms with E-state index in [2.05, 4.69) is 21.3 Å². The SMILES string of the molecule is O=C[C@@H](C[C@@H]1CCCNC1=O)NC(=O)[C@@H](Cc1ccc(F)cc1)NC(=O)C1Cc2ccccc2N1. The first-order valence-electron chi connectivity index (χ1n) is 11.9. The van der Waals surface area contributed by atoms with Crippen LogP contribution in [0.25, 0.3) is 0 Å². The maximum atomic E-state index is 13.4. The van der Waals surface area contributed by atoms with Crippen molar-refractivity contribution in [1.82, 2.24) is 16.0 Å². The predicted octanol–water partition coefficient (Wildman–Crippen LogP) is 1.49. The first-order valence-corrected chi connectivity index (χ1v) is 11.9. The number of aldehydes is 1. The molecule has 2 aliphatic heterocycles. The number of fused-ring (bicyclic) bond motifs is 1. The zero-order valence-electron chi connectivity index (χ0n) is 19.3. The molecule has 1 fully saturated rings. The highest BCUT2D eigenvalue weighted by Gasteiger charge is 2.32. The minimum absolute atomic E-state index is 0.118. The van der Waals surface area contributed by atoms with Gasteiger partial charge in [0.05, 0.1) is 6.04 Å². The van der Waals surface area contributed by atoms with Crippen LogP contribution in [0.15, 0.2) is 48.5 Å². The third-order valence-corrected chi connectivity index (χ3v) is 6.50. The molecule has 2 heterocycles. The third kappa shape index (κ3) is 6.23. The zero-order valence-corrected chi connectivity index (χ0v) is 19.3. The number of hydrogen-bond donors (Lipinski definition) is 4. The smallest absolute Gasteiger partial charge is 0.243 e. The van der Waals surface area contributed by atoms with Gasteiger partial charge in [-0.2, -0.15) is 0 Å². The summed E-state index contributed by atoms with van der Waals surface area (Å²) < 4.78 is 13.4. The van der Waals surface area contributed by atoms with Crippen molar-refractivity contribution in [3.05, 3.63) is 65.5 Å². The Bertz CT molecular complexity index is 1070. The number of carbonyl (C=O) groups is 4. The van der Waals surface area contributed by atoms with Crippen molar-refractivity contribution in [3.63, 3.8) is 0 Å². The predicted molar refractivity (Wildman–Crippen MR) is 128 cm³/mol. The zero-order chi connectivity index (χ0) is 24.8. The summed E-state index contributed by atoms with van der Waals surface area (Å²) in [5.74, 6) is -1.77. The van der Waals surface area contributed by atoms with Crippen LogP contribution in [0.1, 0.15) is 30.4 Å². The van der Waals surface area contributed by atoms with Gasteiger partial charge < -0.3 is 26.1 Å². The fraction of sp³-hybridized carbons (Fsp3) is 0.385. The van der Waals surface area contributed by atoms with E-state index >= 15 is 0 Å². The van der Waals surface area contributed by atoms with Crippen LogP contribution in [-0.4, -0.2) is 48.7 Å². The van der Waals surface area contributed by atoms with Crippen molar-refractivity contribution in [2.45, 2.75) is 50.2 Å². The number of anilines is 1. The number of hydrogen-bond acceptors (Lipinski definition) is 5. The molecule has 4 atom stereocenters.